The SMILES string of the molecule is O=S(=O)(N[C@@H]1[C@@H]2C[C@@](O)(c3cc(Cl)cc4cn[nH]c34)C[C@@H]21)c1ccccc1. The molecule has 6 nitrogen and oxygen atoms in total. The summed E-state index contributed by atoms with van der Waals surface area (Å²) in [5, 5.41) is 19.6. The van der Waals surface area contributed by atoms with E-state index in [1.807, 2.05) is 0 Å². The van der Waals surface area contributed by atoms with Crippen LogP contribution >= 0.6 is 11.6 Å². The Kier molecular flexibility index (Phi) is 3.68. The Labute approximate surface area is 161 Å². The fraction of sp³-hybridized carbons (Fsp3) is 0.316. The van der Waals surface area contributed by atoms with Crippen LogP contribution in [0.2, 0.25) is 5.02 Å². The molecule has 0 saturated heterocycles. The number of rotatable bonds is 4. The largest absolute Gasteiger partial charge is 0.385 e. The van der Waals surface area contributed by atoms with Gasteiger partial charge in [0.15, 0.2) is 0 Å². The number of hydrogen-bond acceptors (Lipinski definition) is 4. The summed E-state index contributed by atoms with van der Waals surface area (Å²) in [6.07, 6.45) is 2.67. The van der Waals surface area contributed by atoms with Crippen molar-refractivity contribution >= 4 is 32.5 Å². The zero-order valence-electron chi connectivity index (χ0n) is 14.3. The predicted octanol–water partition coefficient (Wildman–Crippen LogP) is 2.79. The number of nitrogens with zero attached hydrogens (tertiary/aromatic N) is 1. The standard InChI is InChI=1S/C19H18ClN3O3S/c20-12-6-11-10-21-22-17(11)16(7-12)19(24)8-14-15(9-19)18(14)23-27(25,26)13-4-2-1-3-5-13/h1-7,10,14-15,18,23-24H,8-9H2,(H,21,22)/t14-,15+,18-,19+. The molecule has 0 radical (unpaired) electrons. The summed E-state index contributed by atoms with van der Waals surface area (Å²) in [5.74, 6) is 0.232. The summed E-state index contributed by atoms with van der Waals surface area (Å²) < 4.78 is 27.8. The Morgan fingerprint density at radius 3 is 2.59 bits per heavy atom. The van der Waals surface area contributed by atoms with Gasteiger partial charge in [-0.25, -0.2) is 13.1 Å². The molecule has 2 aromatic carbocycles. The number of nitrogens with one attached hydrogen (secondary N) is 2. The van der Waals surface area contributed by atoms with Gasteiger partial charge in [-0.1, -0.05) is 29.8 Å². The van der Waals surface area contributed by atoms with Crippen LogP contribution in [0, 0.1) is 11.8 Å². The second kappa shape index (κ2) is 5.78. The van der Waals surface area contributed by atoms with Crippen LogP contribution in [-0.4, -0.2) is 29.8 Å². The zero-order chi connectivity index (χ0) is 18.8. The lowest BCUT2D eigenvalue weighted by Crippen LogP contribution is -2.33. The lowest BCUT2D eigenvalue weighted by Gasteiger charge is -2.27. The molecule has 0 bridgehead atoms. The summed E-state index contributed by atoms with van der Waals surface area (Å²) in [4.78, 5) is 0.263. The van der Waals surface area contributed by atoms with Crippen LogP contribution in [0.1, 0.15) is 18.4 Å². The first-order chi connectivity index (χ1) is 12.9. The molecule has 3 aromatic rings. The fourth-order valence-corrected chi connectivity index (χ4v) is 6.08. The highest BCUT2D eigenvalue weighted by atomic mass is 35.5. The monoisotopic (exact) mass is 403 g/mol. The molecule has 8 heteroatoms. The number of halogens is 1. The van der Waals surface area contributed by atoms with E-state index >= 15 is 0 Å². The van der Waals surface area contributed by atoms with Gasteiger partial charge in [-0.15, -0.1) is 0 Å². The van der Waals surface area contributed by atoms with Gasteiger partial charge in [-0.3, -0.25) is 5.10 Å². The topological polar surface area (TPSA) is 95.1 Å². The summed E-state index contributed by atoms with van der Waals surface area (Å²) in [7, 11) is -3.54. The Hall–Kier alpha value is -1.93. The highest BCUT2D eigenvalue weighted by Gasteiger charge is 2.62. The van der Waals surface area contributed by atoms with E-state index in [1.54, 1.807) is 48.7 Å². The van der Waals surface area contributed by atoms with Gasteiger partial charge >= 0.3 is 0 Å². The van der Waals surface area contributed by atoms with E-state index in [-0.39, 0.29) is 22.8 Å². The minimum Gasteiger partial charge on any atom is -0.385 e. The zero-order valence-corrected chi connectivity index (χ0v) is 15.8. The van der Waals surface area contributed by atoms with Gasteiger partial charge in [-0.05, 0) is 48.9 Å². The van der Waals surface area contributed by atoms with Crippen LogP contribution in [0.3, 0.4) is 0 Å². The number of aromatic nitrogens is 2. The van der Waals surface area contributed by atoms with E-state index in [4.69, 9.17) is 11.6 Å². The molecule has 2 saturated carbocycles. The van der Waals surface area contributed by atoms with E-state index in [0.717, 1.165) is 16.5 Å². The number of benzene rings is 2. The lowest BCUT2D eigenvalue weighted by molar-refractivity contribution is 0.0302. The van der Waals surface area contributed by atoms with Crippen LogP contribution < -0.4 is 4.72 Å². The van der Waals surface area contributed by atoms with E-state index in [2.05, 4.69) is 14.9 Å². The van der Waals surface area contributed by atoms with Crippen LogP contribution in [0.15, 0.2) is 53.6 Å². The molecule has 0 amide bonds. The minimum absolute atomic E-state index is 0.116. The van der Waals surface area contributed by atoms with Crippen LogP contribution in [0.25, 0.3) is 10.9 Å². The Morgan fingerprint density at radius 1 is 1.19 bits per heavy atom. The average molecular weight is 404 g/mol. The molecule has 5 rings (SSSR count). The second-order valence-electron chi connectivity index (χ2n) is 7.52. The fourth-order valence-electron chi connectivity index (χ4n) is 4.49. The summed E-state index contributed by atoms with van der Waals surface area (Å²) in [5.41, 5.74) is 0.490. The average Bonchev–Trinajstić information content (AvgIpc) is 3.02. The third kappa shape index (κ3) is 2.77. The van der Waals surface area contributed by atoms with Crippen molar-refractivity contribution in [3.63, 3.8) is 0 Å². The number of fused-ring (bicyclic) bond motifs is 2. The van der Waals surface area contributed by atoms with Crippen molar-refractivity contribution in [2.75, 3.05) is 0 Å². The van der Waals surface area contributed by atoms with E-state index in [9.17, 15) is 13.5 Å². The molecule has 3 N–H and O–H groups in total. The Morgan fingerprint density at radius 2 is 1.89 bits per heavy atom. The first-order valence-electron chi connectivity index (χ1n) is 8.80. The molecule has 0 unspecified atom stereocenters. The predicted molar refractivity (Wildman–Crippen MR) is 102 cm³/mol. The van der Waals surface area contributed by atoms with Gasteiger partial charge < -0.3 is 5.11 Å². The van der Waals surface area contributed by atoms with Gasteiger partial charge in [0.25, 0.3) is 0 Å². The molecular weight excluding hydrogens is 386 g/mol. The summed E-state index contributed by atoms with van der Waals surface area (Å²) >= 11 is 6.21. The van der Waals surface area contributed by atoms with Crippen molar-refractivity contribution in [2.45, 2.75) is 29.4 Å². The molecule has 1 heterocycles. The third-order valence-electron chi connectivity index (χ3n) is 5.84. The van der Waals surface area contributed by atoms with E-state index in [1.165, 1.54) is 0 Å². The Bertz CT molecular complexity index is 1120. The second-order valence-corrected chi connectivity index (χ2v) is 9.67. The van der Waals surface area contributed by atoms with Crippen LogP contribution in [-0.2, 0) is 15.6 Å². The van der Waals surface area contributed by atoms with Gasteiger partial charge in [0.05, 0.1) is 22.2 Å². The Balaban J connectivity index is 1.37. The molecule has 2 aliphatic rings. The normalized spacial score (nSPS) is 29.8. The molecule has 0 spiro atoms. The van der Waals surface area contributed by atoms with Crippen molar-refractivity contribution in [1.82, 2.24) is 14.9 Å². The maximum atomic E-state index is 12.5. The summed E-state index contributed by atoms with van der Waals surface area (Å²) in [6.45, 7) is 0. The summed E-state index contributed by atoms with van der Waals surface area (Å²) in [6, 6.07) is 11.8. The van der Waals surface area contributed by atoms with E-state index < -0.39 is 15.6 Å². The van der Waals surface area contributed by atoms with Gasteiger partial charge in [0.2, 0.25) is 10.0 Å². The molecule has 27 heavy (non-hydrogen) atoms. The minimum atomic E-state index is -3.54. The van der Waals surface area contributed by atoms with Crippen molar-refractivity contribution in [3.8, 4) is 0 Å². The number of aromatic amines is 1. The lowest BCUT2D eigenvalue weighted by atomic mass is 9.87. The van der Waals surface area contributed by atoms with Gasteiger partial charge in [0.1, 0.15) is 0 Å². The number of sulfonamides is 1. The number of hydrogen-bond donors (Lipinski definition) is 3. The van der Waals surface area contributed by atoms with Gasteiger partial charge in [-0.2, -0.15) is 5.10 Å². The number of H-pyrrole nitrogens is 1. The van der Waals surface area contributed by atoms with E-state index in [0.29, 0.717) is 17.9 Å². The molecule has 0 aliphatic heterocycles. The molecule has 4 atom stereocenters. The van der Waals surface area contributed by atoms with Crippen molar-refractivity contribution in [1.29, 1.82) is 0 Å². The number of aliphatic hydroxyl groups is 1. The third-order valence-corrected chi connectivity index (χ3v) is 7.53. The van der Waals surface area contributed by atoms with Gasteiger partial charge in [0, 0.05) is 22.0 Å². The van der Waals surface area contributed by atoms with Crippen molar-refractivity contribution < 1.29 is 13.5 Å². The quantitative estimate of drug-likeness (QED) is 0.624. The molecule has 140 valence electrons. The molecule has 2 aliphatic carbocycles. The molecular formula is C19H18ClN3O3S. The maximum Gasteiger partial charge on any atom is 0.240 e. The molecule has 1 aromatic heterocycles. The smallest absolute Gasteiger partial charge is 0.240 e. The van der Waals surface area contributed by atoms with Crippen molar-refractivity contribution in [2.24, 2.45) is 11.8 Å². The molecule has 2 fully saturated rings. The highest BCUT2D eigenvalue weighted by Crippen LogP contribution is 2.60. The van der Waals surface area contributed by atoms with Crippen LogP contribution in [0.5, 0.6) is 0 Å². The van der Waals surface area contributed by atoms with Crippen molar-refractivity contribution in [3.05, 3.63) is 59.2 Å². The first kappa shape index (κ1) is 17.2. The first-order valence-corrected chi connectivity index (χ1v) is 10.7. The van der Waals surface area contributed by atoms with Crippen LogP contribution in [0.4, 0.5) is 0 Å². The highest BCUT2D eigenvalue weighted by molar-refractivity contribution is 7.89. The maximum absolute atomic E-state index is 12.5.